The van der Waals surface area contributed by atoms with Gasteiger partial charge in [0.25, 0.3) is 0 Å². The van der Waals surface area contributed by atoms with Crippen molar-refractivity contribution in [1.29, 1.82) is 0 Å². The predicted molar refractivity (Wildman–Crippen MR) is 105 cm³/mol. The van der Waals surface area contributed by atoms with Crippen molar-refractivity contribution < 1.29 is 4.79 Å². The van der Waals surface area contributed by atoms with E-state index in [2.05, 4.69) is 60.1 Å². The number of ketones is 1. The van der Waals surface area contributed by atoms with Crippen molar-refractivity contribution in [1.82, 2.24) is 0 Å². The highest BCUT2D eigenvalue weighted by Crippen LogP contribution is 2.49. The molecule has 0 unspecified atom stereocenters. The summed E-state index contributed by atoms with van der Waals surface area (Å²) in [6.07, 6.45) is 2.61. The van der Waals surface area contributed by atoms with Gasteiger partial charge in [-0.25, -0.2) is 0 Å². The Morgan fingerprint density at radius 2 is 1.96 bits per heavy atom. The summed E-state index contributed by atoms with van der Waals surface area (Å²) in [7, 11) is 0. The van der Waals surface area contributed by atoms with Gasteiger partial charge in [0.1, 0.15) is 0 Å². The molecule has 25 heavy (non-hydrogen) atoms. The van der Waals surface area contributed by atoms with Crippen molar-refractivity contribution >= 4 is 39.2 Å². The summed E-state index contributed by atoms with van der Waals surface area (Å²) in [6.45, 7) is 2.14. The molecular weight excluding hydrogens is 326 g/mol. The molecule has 1 aliphatic carbocycles. The Balaban J connectivity index is 1.82. The van der Waals surface area contributed by atoms with Crippen molar-refractivity contribution in [3.8, 4) is 0 Å². The molecule has 124 valence electrons. The SMILES string of the molecule is Cc1ccsc1[C@@H]1Nc2ccc3ccccc3c2C2=C1C(=O)CCC2. The molecule has 2 heterocycles. The highest BCUT2D eigenvalue weighted by Gasteiger charge is 2.35. The van der Waals surface area contributed by atoms with Gasteiger partial charge < -0.3 is 5.32 Å². The number of fused-ring (bicyclic) bond motifs is 4. The number of allylic oxidation sites excluding steroid dienone is 1. The number of anilines is 1. The first-order valence-electron chi connectivity index (χ1n) is 8.83. The second-order valence-electron chi connectivity index (χ2n) is 6.92. The fourth-order valence-electron chi connectivity index (χ4n) is 4.28. The highest BCUT2D eigenvalue weighted by atomic mass is 32.1. The summed E-state index contributed by atoms with van der Waals surface area (Å²) >= 11 is 1.74. The summed E-state index contributed by atoms with van der Waals surface area (Å²) in [5.41, 5.74) is 5.92. The molecule has 0 bridgehead atoms. The molecule has 1 aromatic heterocycles. The van der Waals surface area contributed by atoms with Crippen LogP contribution in [0.25, 0.3) is 16.3 Å². The maximum Gasteiger partial charge on any atom is 0.161 e. The van der Waals surface area contributed by atoms with Crippen LogP contribution in [-0.2, 0) is 4.79 Å². The normalized spacial score (nSPS) is 19.6. The zero-order valence-corrected chi connectivity index (χ0v) is 15.0. The van der Waals surface area contributed by atoms with E-state index >= 15 is 0 Å². The van der Waals surface area contributed by atoms with Crippen LogP contribution < -0.4 is 5.32 Å². The number of rotatable bonds is 1. The minimum atomic E-state index is -0.00328. The van der Waals surface area contributed by atoms with Crippen LogP contribution in [0.3, 0.4) is 0 Å². The van der Waals surface area contributed by atoms with E-state index < -0.39 is 0 Å². The van der Waals surface area contributed by atoms with E-state index in [4.69, 9.17) is 0 Å². The summed E-state index contributed by atoms with van der Waals surface area (Å²) in [6, 6.07) is 15.0. The average molecular weight is 345 g/mol. The molecule has 0 fully saturated rings. The summed E-state index contributed by atoms with van der Waals surface area (Å²) < 4.78 is 0. The highest BCUT2D eigenvalue weighted by molar-refractivity contribution is 7.10. The number of nitrogens with one attached hydrogen (secondary N) is 1. The summed E-state index contributed by atoms with van der Waals surface area (Å²) in [5.74, 6) is 0.310. The van der Waals surface area contributed by atoms with Crippen LogP contribution in [0.5, 0.6) is 0 Å². The van der Waals surface area contributed by atoms with Crippen LogP contribution in [0.15, 0.2) is 53.4 Å². The maximum absolute atomic E-state index is 12.9. The number of hydrogen-bond acceptors (Lipinski definition) is 3. The minimum Gasteiger partial charge on any atom is -0.373 e. The molecule has 0 saturated heterocycles. The molecule has 0 spiro atoms. The van der Waals surface area contributed by atoms with Crippen molar-refractivity contribution in [2.45, 2.75) is 32.2 Å². The average Bonchev–Trinajstić information content (AvgIpc) is 3.06. The predicted octanol–water partition coefficient (Wildman–Crippen LogP) is 5.88. The van der Waals surface area contributed by atoms with Gasteiger partial charge in [-0.1, -0.05) is 30.3 Å². The molecule has 0 radical (unpaired) electrons. The molecule has 1 atom stereocenters. The van der Waals surface area contributed by atoms with E-state index in [1.165, 1.54) is 32.3 Å². The second-order valence-corrected chi connectivity index (χ2v) is 7.87. The topological polar surface area (TPSA) is 29.1 Å². The Bertz CT molecular complexity index is 1040. The molecule has 1 aliphatic heterocycles. The first-order chi connectivity index (χ1) is 12.2. The quantitative estimate of drug-likeness (QED) is 0.596. The third-order valence-corrected chi connectivity index (χ3v) is 6.52. The lowest BCUT2D eigenvalue weighted by Crippen LogP contribution is -2.27. The van der Waals surface area contributed by atoms with E-state index in [0.29, 0.717) is 12.2 Å². The van der Waals surface area contributed by atoms with Gasteiger partial charge >= 0.3 is 0 Å². The second kappa shape index (κ2) is 5.57. The van der Waals surface area contributed by atoms with Crippen LogP contribution in [0.4, 0.5) is 5.69 Å². The van der Waals surface area contributed by atoms with Gasteiger partial charge in [0, 0.05) is 28.1 Å². The molecule has 5 rings (SSSR count). The summed E-state index contributed by atoms with van der Waals surface area (Å²) in [4.78, 5) is 14.2. The molecule has 3 aromatic rings. The Morgan fingerprint density at radius 3 is 2.80 bits per heavy atom. The van der Waals surface area contributed by atoms with Gasteiger partial charge in [0.2, 0.25) is 0 Å². The van der Waals surface area contributed by atoms with Crippen LogP contribution in [0.2, 0.25) is 0 Å². The van der Waals surface area contributed by atoms with Crippen LogP contribution in [0.1, 0.15) is 41.3 Å². The molecule has 0 amide bonds. The lowest BCUT2D eigenvalue weighted by molar-refractivity contribution is -0.116. The van der Waals surface area contributed by atoms with Gasteiger partial charge in [-0.2, -0.15) is 0 Å². The molecule has 0 saturated carbocycles. The lowest BCUT2D eigenvalue weighted by Gasteiger charge is -2.34. The minimum absolute atomic E-state index is 0.00328. The van der Waals surface area contributed by atoms with Crippen LogP contribution in [-0.4, -0.2) is 5.78 Å². The Labute approximate surface area is 151 Å². The van der Waals surface area contributed by atoms with E-state index in [-0.39, 0.29) is 6.04 Å². The van der Waals surface area contributed by atoms with E-state index in [1.807, 2.05) is 0 Å². The Morgan fingerprint density at radius 1 is 1.08 bits per heavy atom. The Kier molecular flexibility index (Phi) is 3.32. The lowest BCUT2D eigenvalue weighted by atomic mass is 9.78. The van der Waals surface area contributed by atoms with Gasteiger partial charge in [-0.3, -0.25) is 4.79 Å². The molecule has 2 nitrogen and oxygen atoms in total. The Hall–Kier alpha value is -2.39. The third kappa shape index (κ3) is 2.19. The van der Waals surface area contributed by atoms with E-state index in [0.717, 1.165) is 24.1 Å². The van der Waals surface area contributed by atoms with Crippen LogP contribution >= 0.6 is 11.3 Å². The smallest absolute Gasteiger partial charge is 0.161 e. The number of carbonyl (C=O) groups is 1. The van der Waals surface area contributed by atoms with Gasteiger partial charge in [-0.15, -0.1) is 11.3 Å². The standard InChI is InChI=1S/C22H19NOS/c1-13-11-12-25-22(13)21-20-16(7-4-8-18(20)24)19-15-6-3-2-5-14(15)9-10-17(19)23-21/h2-3,5-6,9-12,21,23H,4,7-8H2,1H3/t21-/m1/s1. The fraction of sp³-hybridized carbons (Fsp3) is 0.227. The van der Waals surface area contributed by atoms with Crippen molar-refractivity contribution in [2.75, 3.05) is 5.32 Å². The molecule has 2 aromatic carbocycles. The zero-order chi connectivity index (χ0) is 17.0. The van der Waals surface area contributed by atoms with Crippen molar-refractivity contribution in [3.63, 3.8) is 0 Å². The van der Waals surface area contributed by atoms with Crippen LogP contribution in [0, 0.1) is 6.92 Å². The molecule has 1 N–H and O–H groups in total. The third-order valence-electron chi connectivity index (χ3n) is 5.44. The first kappa shape index (κ1) is 14.9. The van der Waals surface area contributed by atoms with E-state index in [1.54, 1.807) is 11.3 Å². The fourth-order valence-corrected chi connectivity index (χ4v) is 5.27. The number of Topliss-reactive ketones (excluding diaryl/α,β-unsaturated/α-hetero) is 1. The zero-order valence-electron chi connectivity index (χ0n) is 14.1. The van der Waals surface area contributed by atoms with Gasteiger partial charge in [-0.05, 0) is 59.2 Å². The molecular formula is C22H19NOS. The number of benzene rings is 2. The van der Waals surface area contributed by atoms with Gasteiger partial charge in [0.15, 0.2) is 5.78 Å². The maximum atomic E-state index is 12.9. The number of hydrogen-bond donors (Lipinski definition) is 1. The van der Waals surface area contributed by atoms with E-state index in [9.17, 15) is 4.79 Å². The summed E-state index contributed by atoms with van der Waals surface area (Å²) in [5, 5.41) is 8.30. The number of aryl methyl sites for hydroxylation is 1. The number of carbonyl (C=O) groups excluding carboxylic acids is 1. The van der Waals surface area contributed by atoms with Crippen molar-refractivity contribution in [3.05, 3.63) is 69.4 Å². The largest absolute Gasteiger partial charge is 0.373 e. The monoisotopic (exact) mass is 345 g/mol. The molecule has 2 aliphatic rings. The van der Waals surface area contributed by atoms with Crippen molar-refractivity contribution in [2.24, 2.45) is 0 Å². The number of thiophene rings is 1. The first-order valence-corrected chi connectivity index (χ1v) is 9.71. The molecule has 3 heteroatoms. The van der Waals surface area contributed by atoms with Gasteiger partial charge in [0.05, 0.1) is 6.04 Å².